The van der Waals surface area contributed by atoms with Gasteiger partial charge < -0.3 is 4.74 Å². The van der Waals surface area contributed by atoms with Crippen molar-refractivity contribution >= 4 is 10.1 Å². The molecule has 1 aromatic carbocycles. The maximum absolute atomic E-state index is 10.9. The summed E-state index contributed by atoms with van der Waals surface area (Å²) in [6.45, 7) is 1.75. The van der Waals surface area contributed by atoms with Crippen LogP contribution in [0.1, 0.15) is 18.9 Å². The van der Waals surface area contributed by atoms with Crippen molar-refractivity contribution in [2.75, 3.05) is 13.4 Å². The zero-order valence-corrected chi connectivity index (χ0v) is 11.2. The third kappa shape index (κ3) is 5.70. The lowest BCUT2D eigenvalue weighted by Crippen LogP contribution is -2.14. The monoisotopic (exact) mass is 258 g/mol. The average Bonchev–Trinajstić information content (AvgIpc) is 2.25. The molecule has 0 saturated carbocycles. The molecule has 0 amide bonds. The van der Waals surface area contributed by atoms with Crippen molar-refractivity contribution < 1.29 is 17.3 Å². The van der Waals surface area contributed by atoms with Crippen LogP contribution >= 0.6 is 0 Å². The first-order valence-corrected chi connectivity index (χ1v) is 7.23. The summed E-state index contributed by atoms with van der Waals surface area (Å²) in [5.74, 6) is 0.814. The molecule has 0 fully saturated rings. The summed E-state index contributed by atoms with van der Waals surface area (Å²) in [7, 11) is -1.74. The summed E-state index contributed by atoms with van der Waals surface area (Å²) < 4.78 is 31.7. The van der Waals surface area contributed by atoms with Gasteiger partial charge in [0.1, 0.15) is 5.75 Å². The highest BCUT2D eigenvalue weighted by atomic mass is 32.2. The topological polar surface area (TPSA) is 52.6 Å². The van der Waals surface area contributed by atoms with Gasteiger partial charge in [-0.15, -0.1) is 0 Å². The summed E-state index contributed by atoms with van der Waals surface area (Å²) in [4.78, 5) is 0. The van der Waals surface area contributed by atoms with Crippen LogP contribution in [0.4, 0.5) is 0 Å². The highest BCUT2D eigenvalue weighted by Gasteiger charge is 2.10. The molecular weight excluding hydrogens is 240 g/mol. The molecule has 0 aliphatic carbocycles. The van der Waals surface area contributed by atoms with E-state index in [1.54, 1.807) is 14.0 Å². The van der Waals surface area contributed by atoms with Crippen molar-refractivity contribution in [2.45, 2.75) is 25.9 Å². The molecule has 17 heavy (non-hydrogen) atoms. The molecule has 4 nitrogen and oxygen atoms in total. The zero-order chi connectivity index (χ0) is 12.9. The Balaban J connectivity index is 2.44. The Kier molecular flexibility index (Phi) is 4.96. The van der Waals surface area contributed by atoms with Gasteiger partial charge in [0.05, 0.1) is 19.5 Å². The second-order valence-electron chi connectivity index (χ2n) is 4.00. The SMILES string of the molecule is COc1ccc(CCC(C)OS(C)(=O)=O)cc1. The quantitative estimate of drug-likeness (QED) is 0.732. The maximum Gasteiger partial charge on any atom is 0.264 e. The van der Waals surface area contributed by atoms with E-state index in [4.69, 9.17) is 8.92 Å². The minimum atomic E-state index is -3.36. The zero-order valence-electron chi connectivity index (χ0n) is 10.3. The van der Waals surface area contributed by atoms with Crippen molar-refractivity contribution in [3.63, 3.8) is 0 Å². The van der Waals surface area contributed by atoms with E-state index in [2.05, 4.69) is 0 Å². The lowest BCUT2D eigenvalue weighted by molar-refractivity contribution is 0.221. The molecule has 1 aromatic rings. The number of hydrogen-bond donors (Lipinski definition) is 0. The molecule has 0 heterocycles. The first-order valence-electron chi connectivity index (χ1n) is 5.42. The number of benzene rings is 1. The number of methoxy groups -OCH3 is 1. The molecule has 0 saturated heterocycles. The van der Waals surface area contributed by atoms with Crippen molar-refractivity contribution in [2.24, 2.45) is 0 Å². The van der Waals surface area contributed by atoms with E-state index in [0.29, 0.717) is 6.42 Å². The average molecular weight is 258 g/mol. The summed E-state index contributed by atoms with van der Waals surface area (Å²) in [6.07, 6.45) is 2.21. The first-order chi connectivity index (χ1) is 7.90. The molecule has 0 aromatic heterocycles. The molecule has 0 aliphatic heterocycles. The Morgan fingerprint density at radius 3 is 2.29 bits per heavy atom. The molecule has 0 bridgehead atoms. The van der Waals surface area contributed by atoms with Crippen LogP contribution in [0.3, 0.4) is 0 Å². The van der Waals surface area contributed by atoms with E-state index in [1.165, 1.54) is 0 Å². The summed E-state index contributed by atoms with van der Waals surface area (Å²) in [6, 6.07) is 7.70. The summed E-state index contributed by atoms with van der Waals surface area (Å²) in [5.41, 5.74) is 1.13. The molecule has 0 N–H and O–H groups in total. The number of ether oxygens (including phenoxy) is 1. The predicted molar refractivity (Wildman–Crippen MR) is 66.7 cm³/mol. The van der Waals surface area contributed by atoms with Crippen LogP contribution in [0, 0.1) is 0 Å². The number of aryl methyl sites for hydroxylation is 1. The van der Waals surface area contributed by atoms with E-state index < -0.39 is 10.1 Å². The second kappa shape index (κ2) is 6.02. The van der Waals surface area contributed by atoms with E-state index in [-0.39, 0.29) is 6.10 Å². The Bertz CT molecular complexity index is 436. The van der Waals surface area contributed by atoms with Gasteiger partial charge in [-0.1, -0.05) is 12.1 Å². The van der Waals surface area contributed by atoms with Gasteiger partial charge in [0.2, 0.25) is 0 Å². The maximum atomic E-state index is 10.9. The van der Waals surface area contributed by atoms with Crippen molar-refractivity contribution in [3.05, 3.63) is 29.8 Å². The fourth-order valence-electron chi connectivity index (χ4n) is 1.51. The first kappa shape index (κ1) is 14.0. The molecule has 1 atom stereocenters. The smallest absolute Gasteiger partial charge is 0.264 e. The lowest BCUT2D eigenvalue weighted by atomic mass is 10.1. The van der Waals surface area contributed by atoms with E-state index in [1.807, 2.05) is 24.3 Å². The molecule has 0 aliphatic rings. The molecule has 5 heteroatoms. The Labute approximate surface area is 103 Å². The Hall–Kier alpha value is -1.07. The summed E-state index contributed by atoms with van der Waals surface area (Å²) in [5, 5.41) is 0. The van der Waals surface area contributed by atoms with Gasteiger partial charge in [-0.2, -0.15) is 8.42 Å². The van der Waals surface area contributed by atoms with Gasteiger partial charge in [0.15, 0.2) is 0 Å². The van der Waals surface area contributed by atoms with Crippen LogP contribution in [0.25, 0.3) is 0 Å². The number of hydrogen-bond acceptors (Lipinski definition) is 4. The minimum absolute atomic E-state index is 0.299. The third-order valence-corrected chi connectivity index (χ3v) is 3.02. The molecule has 0 spiro atoms. The standard InChI is InChI=1S/C12H18O4S/c1-10(16-17(3,13)14)4-5-11-6-8-12(15-2)9-7-11/h6-10H,4-5H2,1-3H3. The van der Waals surface area contributed by atoms with Gasteiger partial charge in [-0.25, -0.2) is 0 Å². The Morgan fingerprint density at radius 1 is 1.24 bits per heavy atom. The van der Waals surface area contributed by atoms with Gasteiger partial charge in [-0.3, -0.25) is 4.18 Å². The highest BCUT2D eigenvalue weighted by molar-refractivity contribution is 7.86. The van der Waals surface area contributed by atoms with Crippen LogP contribution in [-0.4, -0.2) is 27.9 Å². The molecule has 1 unspecified atom stereocenters. The predicted octanol–water partition coefficient (Wildman–Crippen LogP) is 1.99. The van der Waals surface area contributed by atoms with Gasteiger partial charge >= 0.3 is 0 Å². The van der Waals surface area contributed by atoms with Gasteiger partial charge in [0, 0.05) is 0 Å². The van der Waals surface area contributed by atoms with Gasteiger partial charge in [-0.05, 0) is 37.5 Å². The van der Waals surface area contributed by atoms with Gasteiger partial charge in [0.25, 0.3) is 10.1 Å². The molecule has 0 radical (unpaired) electrons. The van der Waals surface area contributed by atoms with Crippen LogP contribution in [0.15, 0.2) is 24.3 Å². The van der Waals surface area contributed by atoms with E-state index >= 15 is 0 Å². The van der Waals surface area contributed by atoms with Crippen molar-refractivity contribution in [1.29, 1.82) is 0 Å². The van der Waals surface area contributed by atoms with Crippen LogP contribution < -0.4 is 4.74 Å². The van der Waals surface area contributed by atoms with Crippen LogP contribution in [0.5, 0.6) is 5.75 Å². The molecular formula is C12H18O4S. The fourth-order valence-corrected chi connectivity index (χ4v) is 2.20. The second-order valence-corrected chi connectivity index (χ2v) is 5.60. The van der Waals surface area contributed by atoms with Crippen LogP contribution in [0.2, 0.25) is 0 Å². The van der Waals surface area contributed by atoms with E-state index in [9.17, 15) is 8.42 Å². The fraction of sp³-hybridized carbons (Fsp3) is 0.500. The highest BCUT2D eigenvalue weighted by Crippen LogP contribution is 2.14. The Morgan fingerprint density at radius 2 is 1.82 bits per heavy atom. The minimum Gasteiger partial charge on any atom is -0.497 e. The number of rotatable bonds is 6. The largest absolute Gasteiger partial charge is 0.497 e. The van der Waals surface area contributed by atoms with Crippen molar-refractivity contribution in [3.8, 4) is 5.75 Å². The summed E-state index contributed by atoms with van der Waals surface area (Å²) >= 11 is 0. The van der Waals surface area contributed by atoms with Crippen LogP contribution in [-0.2, 0) is 20.7 Å². The molecule has 96 valence electrons. The molecule has 1 rings (SSSR count). The lowest BCUT2D eigenvalue weighted by Gasteiger charge is -2.10. The van der Waals surface area contributed by atoms with E-state index in [0.717, 1.165) is 24.0 Å². The third-order valence-electron chi connectivity index (χ3n) is 2.34. The normalized spacial score (nSPS) is 13.4. The van der Waals surface area contributed by atoms with Crippen molar-refractivity contribution in [1.82, 2.24) is 0 Å².